The second-order valence-corrected chi connectivity index (χ2v) is 6.44. The fraction of sp³-hybridized carbons (Fsp3) is 1.00. The van der Waals surface area contributed by atoms with Crippen LogP contribution in [0.4, 0.5) is 0 Å². The van der Waals surface area contributed by atoms with Crippen LogP contribution >= 0.6 is 11.8 Å². The van der Waals surface area contributed by atoms with Crippen LogP contribution in [0.1, 0.15) is 39.5 Å². The van der Waals surface area contributed by atoms with Crippen molar-refractivity contribution in [1.29, 1.82) is 0 Å². The fourth-order valence-corrected chi connectivity index (χ4v) is 4.09. The van der Waals surface area contributed by atoms with Crippen LogP contribution in [-0.2, 0) is 0 Å². The summed E-state index contributed by atoms with van der Waals surface area (Å²) in [5, 5.41) is 3.71. The molecule has 2 rings (SSSR count). The molecule has 0 aromatic heterocycles. The Labute approximate surface area is 79.7 Å². The van der Waals surface area contributed by atoms with Gasteiger partial charge in [-0.3, -0.25) is 0 Å². The van der Waals surface area contributed by atoms with Crippen LogP contribution in [0.3, 0.4) is 0 Å². The molecule has 1 unspecified atom stereocenters. The molecular weight excluding hydrogens is 166 g/mol. The standard InChI is InChI=1S/C10H19NS/c1-9(2)4-5-10(8-9)11-6-3-7-12-10/h11H,3-8H2,1-2H3. The van der Waals surface area contributed by atoms with Gasteiger partial charge in [0.2, 0.25) is 0 Å². The third kappa shape index (κ3) is 1.64. The first kappa shape index (κ1) is 8.89. The van der Waals surface area contributed by atoms with Gasteiger partial charge < -0.3 is 5.32 Å². The van der Waals surface area contributed by atoms with Gasteiger partial charge in [-0.05, 0) is 43.4 Å². The van der Waals surface area contributed by atoms with Gasteiger partial charge in [0.15, 0.2) is 0 Å². The third-order valence-electron chi connectivity index (χ3n) is 3.12. The highest BCUT2D eigenvalue weighted by Crippen LogP contribution is 2.50. The lowest BCUT2D eigenvalue weighted by atomic mass is 9.91. The van der Waals surface area contributed by atoms with E-state index in [2.05, 4.69) is 30.9 Å². The van der Waals surface area contributed by atoms with Gasteiger partial charge >= 0.3 is 0 Å². The molecule has 0 aromatic carbocycles. The predicted molar refractivity (Wildman–Crippen MR) is 55.4 cm³/mol. The summed E-state index contributed by atoms with van der Waals surface area (Å²) >= 11 is 2.16. The lowest BCUT2D eigenvalue weighted by Gasteiger charge is -2.35. The van der Waals surface area contributed by atoms with Gasteiger partial charge in [-0.2, -0.15) is 0 Å². The zero-order chi connectivity index (χ0) is 8.66. The summed E-state index contributed by atoms with van der Waals surface area (Å²) in [6.07, 6.45) is 5.50. The van der Waals surface area contributed by atoms with Crippen molar-refractivity contribution >= 4 is 11.8 Å². The Hall–Kier alpha value is 0.310. The Morgan fingerprint density at radius 2 is 2.08 bits per heavy atom. The zero-order valence-corrected chi connectivity index (χ0v) is 8.97. The molecule has 1 spiro atoms. The smallest absolute Gasteiger partial charge is 0.0650 e. The fourth-order valence-electron chi connectivity index (χ4n) is 2.47. The van der Waals surface area contributed by atoms with Crippen LogP contribution in [0, 0.1) is 5.41 Å². The highest BCUT2D eigenvalue weighted by atomic mass is 32.2. The molecule has 1 saturated heterocycles. The van der Waals surface area contributed by atoms with Gasteiger partial charge in [-0.1, -0.05) is 13.8 Å². The van der Waals surface area contributed by atoms with E-state index in [4.69, 9.17) is 0 Å². The van der Waals surface area contributed by atoms with Gasteiger partial charge in [0.25, 0.3) is 0 Å². The molecule has 0 amide bonds. The van der Waals surface area contributed by atoms with Crippen LogP contribution in [0.2, 0.25) is 0 Å². The Morgan fingerprint density at radius 3 is 2.58 bits per heavy atom. The first-order valence-corrected chi connectivity index (χ1v) is 6.00. The van der Waals surface area contributed by atoms with E-state index in [1.807, 2.05) is 0 Å². The number of hydrogen-bond acceptors (Lipinski definition) is 2. The Kier molecular flexibility index (Phi) is 2.16. The predicted octanol–water partition coefficient (Wildman–Crippen LogP) is 2.62. The highest BCUT2D eigenvalue weighted by Gasteiger charge is 2.43. The van der Waals surface area contributed by atoms with Gasteiger partial charge in [-0.25, -0.2) is 0 Å². The summed E-state index contributed by atoms with van der Waals surface area (Å²) in [4.78, 5) is 0.474. The summed E-state index contributed by atoms with van der Waals surface area (Å²) in [6.45, 7) is 6.04. The average Bonchev–Trinajstić information content (AvgIpc) is 2.29. The molecule has 70 valence electrons. The van der Waals surface area contributed by atoms with E-state index in [0.29, 0.717) is 10.3 Å². The normalized spacial score (nSPS) is 40.5. The molecule has 1 atom stereocenters. The van der Waals surface area contributed by atoms with E-state index in [-0.39, 0.29) is 0 Å². The van der Waals surface area contributed by atoms with Crippen molar-refractivity contribution in [1.82, 2.24) is 5.32 Å². The van der Waals surface area contributed by atoms with Crippen molar-refractivity contribution in [2.24, 2.45) is 5.41 Å². The maximum absolute atomic E-state index is 3.71. The molecule has 1 saturated carbocycles. The van der Waals surface area contributed by atoms with Crippen molar-refractivity contribution in [2.45, 2.75) is 44.4 Å². The second kappa shape index (κ2) is 2.91. The van der Waals surface area contributed by atoms with Crippen molar-refractivity contribution in [3.05, 3.63) is 0 Å². The lowest BCUT2D eigenvalue weighted by Crippen LogP contribution is -2.44. The van der Waals surface area contributed by atoms with E-state index in [1.54, 1.807) is 0 Å². The molecule has 2 heteroatoms. The molecule has 1 heterocycles. The van der Waals surface area contributed by atoms with Crippen molar-refractivity contribution in [3.8, 4) is 0 Å². The summed E-state index contributed by atoms with van der Waals surface area (Å²) in [6, 6.07) is 0. The van der Waals surface area contributed by atoms with Crippen molar-refractivity contribution in [2.75, 3.05) is 12.3 Å². The zero-order valence-electron chi connectivity index (χ0n) is 8.15. The number of thioether (sulfide) groups is 1. The van der Waals surface area contributed by atoms with Gasteiger partial charge in [-0.15, -0.1) is 11.8 Å². The number of hydrogen-bond donors (Lipinski definition) is 1. The van der Waals surface area contributed by atoms with E-state index in [0.717, 1.165) is 0 Å². The molecule has 1 nitrogen and oxygen atoms in total. The molecule has 2 fully saturated rings. The Bertz CT molecular complexity index is 171. The molecule has 1 aliphatic heterocycles. The minimum atomic E-state index is 0.474. The first-order chi connectivity index (χ1) is 5.62. The maximum atomic E-state index is 3.71. The number of nitrogens with one attached hydrogen (secondary N) is 1. The monoisotopic (exact) mass is 185 g/mol. The average molecular weight is 185 g/mol. The summed E-state index contributed by atoms with van der Waals surface area (Å²) in [5.41, 5.74) is 0.581. The number of rotatable bonds is 0. The maximum Gasteiger partial charge on any atom is 0.0650 e. The molecule has 2 aliphatic rings. The molecule has 0 aromatic rings. The van der Waals surface area contributed by atoms with Gasteiger partial charge in [0.1, 0.15) is 0 Å². The molecule has 1 aliphatic carbocycles. The van der Waals surface area contributed by atoms with Crippen LogP contribution < -0.4 is 5.32 Å². The lowest BCUT2D eigenvalue weighted by molar-refractivity contribution is 0.350. The van der Waals surface area contributed by atoms with Crippen molar-refractivity contribution in [3.63, 3.8) is 0 Å². The van der Waals surface area contributed by atoms with Crippen molar-refractivity contribution < 1.29 is 0 Å². The molecular formula is C10H19NS. The third-order valence-corrected chi connectivity index (χ3v) is 4.65. The van der Waals surface area contributed by atoms with E-state index in [9.17, 15) is 0 Å². The van der Waals surface area contributed by atoms with E-state index in [1.165, 1.54) is 38.0 Å². The molecule has 0 bridgehead atoms. The van der Waals surface area contributed by atoms with Crippen LogP contribution in [0.5, 0.6) is 0 Å². The first-order valence-electron chi connectivity index (χ1n) is 5.01. The van der Waals surface area contributed by atoms with E-state index >= 15 is 0 Å². The van der Waals surface area contributed by atoms with Crippen LogP contribution in [0.25, 0.3) is 0 Å². The Balaban J connectivity index is 2.03. The quantitative estimate of drug-likeness (QED) is 0.622. The van der Waals surface area contributed by atoms with Gasteiger partial charge in [0, 0.05) is 0 Å². The molecule has 12 heavy (non-hydrogen) atoms. The second-order valence-electron chi connectivity index (χ2n) is 4.96. The minimum Gasteiger partial charge on any atom is -0.303 e. The largest absolute Gasteiger partial charge is 0.303 e. The van der Waals surface area contributed by atoms with E-state index < -0.39 is 0 Å². The molecule has 0 radical (unpaired) electrons. The summed E-state index contributed by atoms with van der Waals surface area (Å²) < 4.78 is 0. The Morgan fingerprint density at radius 1 is 1.25 bits per heavy atom. The molecule has 1 N–H and O–H groups in total. The summed E-state index contributed by atoms with van der Waals surface area (Å²) in [7, 11) is 0. The highest BCUT2D eigenvalue weighted by molar-refractivity contribution is 8.00. The van der Waals surface area contributed by atoms with Gasteiger partial charge in [0.05, 0.1) is 4.87 Å². The van der Waals surface area contributed by atoms with Crippen LogP contribution in [0.15, 0.2) is 0 Å². The SMILES string of the molecule is CC1(C)CCC2(C1)NCCCS2. The topological polar surface area (TPSA) is 12.0 Å². The summed E-state index contributed by atoms with van der Waals surface area (Å²) in [5.74, 6) is 1.36. The van der Waals surface area contributed by atoms with Crippen LogP contribution in [-0.4, -0.2) is 17.2 Å². The minimum absolute atomic E-state index is 0.474.